The third-order valence-corrected chi connectivity index (χ3v) is 3.12. The van der Waals surface area contributed by atoms with E-state index in [2.05, 4.69) is 21.8 Å². The molecule has 1 fully saturated rings. The topological polar surface area (TPSA) is 74.9 Å². The summed E-state index contributed by atoms with van der Waals surface area (Å²) in [5.41, 5.74) is 1.35. The Hall–Kier alpha value is -1.58. The molecule has 6 heteroatoms. The maximum Gasteiger partial charge on any atom is 0.142 e. The number of nitriles is 1. The molecule has 0 amide bonds. The second-order valence-corrected chi connectivity index (χ2v) is 4.23. The third kappa shape index (κ3) is 2.12. The van der Waals surface area contributed by atoms with Crippen molar-refractivity contribution in [2.75, 3.05) is 25.5 Å². The van der Waals surface area contributed by atoms with Gasteiger partial charge in [0.15, 0.2) is 0 Å². The van der Waals surface area contributed by atoms with Gasteiger partial charge in [0.1, 0.15) is 17.5 Å². The SMILES string of the molecule is CO[C@H]1CNCC1Nc1c(C#N)c(C)nn1C. The van der Waals surface area contributed by atoms with Crippen molar-refractivity contribution in [2.24, 2.45) is 7.05 Å². The molecule has 1 saturated heterocycles. The molecule has 2 N–H and O–H groups in total. The number of rotatable bonds is 3. The molecule has 1 unspecified atom stereocenters. The quantitative estimate of drug-likeness (QED) is 0.771. The van der Waals surface area contributed by atoms with Gasteiger partial charge in [0.25, 0.3) is 0 Å². The summed E-state index contributed by atoms with van der Waals surface area (Å²) >= 11 is 0. The fraction of sp³-hybridized carbons (Fsp3) is 0.636. The summed E-state index contributed by atoms with van der Waals surface area (Å²) in [5.74, 6) is 0.765. The Bertz CT molecular complexity index is 447. The summed E-state index contributed by atoms with van der Waals surface area (Å²) in [6.07, 6.45) is 0.122. The zero-order chi connectivity index (χ0) is 12.4. The van der Waals surface area contributed by atoms with Crippen LogP contribution in [0.4, 0.5) is 5.82 Å². The van der Waals surface area contributed by atoms with E-state index in [1.54, 1.807) is 11.8 Å². The summed E-state index contributed by atoms with van der Waals surface area (Å²) in [7, 11) is 3.53. The van der Waals surface area contributed by atoms with Crippen LogP contribution < -0.4 is 10.6 Å². The second-order valence-electron chi connectivity index (χ2n) is 4.23. The minimum atomic E-state index is 0.122. The lowest BCUT2D eigenvalue weighted by Gasteiger charge is -2.19. The summed E-state index contributed by atoms with van der Waals surface area (Å²) < 4.78 is 7.09. The zero-order valence-corrected chi connectivity index (χ0v) is 10.3. The Morgan fingerprint density at radius 1 is 1.59 bits per heavy atom. The van der Waals surface area contributed by atoms with Crippen LogP contribution in [0.1, 0.15) is 11.3 Å². The number of ether oxygens (including phenoxy) is 1. The first-order valence-electron chi connectivity index (χ1n) is 5.61. The van der Waals surface area contributed by atoms with E-state index in [-0.39, 0.29) is 12.1 Å². The van der Waals surface area contributed by atoms with Crippen LogP contribution in [-0.4, -0.2) is 42.1 Å². The van der Waals surface area contributed by atoms with Gasteiger partial charge in [-0.2, -0.15) is 10.4 Å². The number of methoxy groups -OCH3 is 1. The smallest absolute Gasteiger partial charge is 0.142 e. The molecule has 1 aromatic heterocycles. The summed E-state index contributed by atoms with van der Waals surface area (Å²) in [4.78, 5) is 0. The van der Waals surface area contributed by atoms with E-state index < -0.39 is 0 Å². The highest BCUT2D eigenvalue weighted by atomic mass is 16.5. The van der Waals surface area contributed by atoms with E-state index in [0.717, 1.165) is 24.6 Å². The van der Waals surface area contributed by atoms with Gasteiger partial charge >= 0.3 is 0 Å². The molecule has 0 aromatic carbocycles. The van der Waals surface area contributed by atoms with Gasteiger partial charge in [-0.15, -0.1) is 0 Å². The first kappa shape index (κ1) is 11.9. The van der Waals surface area contributed by atoms with Gasteiger partial charge in [-0.1, -0.05) is 0 Å². The minimum absolute atomic E-state index is 0.122. The molecule has 6 nitrogen and oxygen atoms in total. The van der Waals surface area contributed by atoms with Crippen LogP contribution in [0.2, 0.25) is 0 Å². The van der Waals surface area contributed by atoms with E-state index in [0.29, 0.717) is 5.56 Å². The van der Waals surface area contributed by atoms with E-state index in [4.69, 9.17) is 10.00 Å². The van der Waals surface area contributed by atoms with E-state index >= 15 is 0 Å². The van der Waals surface area contributed by atoms with E-state index in [9.17, 15) is 0 Å². The molecule has 0 aliphatic carbocycles. The molecule has 0 bridgehead atoms. The van der Waals surface area contributed by atoms with Gasteiger partial charge < -0.3 is 15.4 Å². The third-order valence-electron chi connectivity index (χ3n) is 3.12. The molecular formula is C11H17N5O. The molecule has 0 saturated carbocycles. The van der Waals surface area contributed by atoms with Crippen LogP contribution in [0.5, 0.6) is 0 Å². The first-order chi connectivity index (χ1) is 8.17. The molecule has 2 heterocycles. The molecule has 17 heavy (non-hydrogen) atoms. The predicted molar refractivity (Wildman–Crippen MR) is 63.7 cm³/mol. The molecule has 1 aliphatic rings. The summed E-state index contributed by atoms with van der Waals surface area (Å²) in [6.45, 7) is 3.49. The maximum absolute atomic E-state index is 9.12. The van der Waals surface area contributed by atoms with Crippen LogP contribution in [0, 0.1) is 18.3 Å². The minimum Gasteiger partial charge on any atom is -0.378 e. The number of hydrogen-bond donors (Lipinski definition) is 2. The van der Waals surface area contributed by atoms with Crippen molar-refractivity contribution in [3.63, 3.8) is 0 Å². The van der Waals surface area contributed by atoms with Crippen LogP contribution >= 0.6 is 0 Å². The Morgan fingerprint density at radius 3 is 3.00 bits per heavy atom. The van der Waals surface area contributed by atoms with Crippen molar-refractivity contribution in [3.05, 3.63) is 11.3 Å². The average molecular weight is 235 g/mol. The monoisotopic (exact) mass is 235 g/mol. The fourth-order valence-corrected chi connectivity index (χ4v) is 2.18. The molecule has 0 radical (unpaired) electrons. The van der Waals surface area contributed by atoms with Gasteiger partial charge in [0.05, 0.1) is 17.8 Å². The van der Waals surface area contributed by atoms with Crippen LogP contribution in [-0.2, 0) is 11.8 Å². The van der Waals surface area contributed by atoms with E-state index in [1.165, 1.54) is 0 Å². The lowest BCUT2D eigenvalue weighted by Crippen LogP contribution is -2.34. The van der Waals surface area contributed by atoms with Crippen molar-refractivity contribution < 1.29 is 4.74 Å². The number of hydrogen-bond acceptors (Lipinski definition) is 5. The van der Waals surface area contributed by atoms with Crippen molar-refractivity contribution in [1.29, 1.82) is 5.26 Å². The van der Waals surface area contributed by atoms with Gasteiger partial charge in [0.2, 0.25) is 0 Å². The Morgan fingerprint density at radius 2 is 2.35 bits per heavy atom. The standard InChI is InChI=1S/C11H17N5O/c1-7-8(4-12)11(16(2)15-7)14-9-5-13-6-10(9)17-3/h9-10,13-14H,5-6H2,1-3H3/t9?,10-/m0/s1. The molecule has 2 atom stereocenters. The molecule has 2 rings (SSSR count). The normalized spacial score (nSPS) is 23.6. The van der Waals surface area contributed by atoms with Crippen LogP contribution in [0.15, 0.2) is 0 Å². The number of anilines is 1. The van der Waals surface area contributed by atoms with Gasteiger partial charge in [-0.25, -0.2) is 0 Å². The second kappa shape index (κ2) is 4.73. The Labute approximate surface area is 101 Å². The zero-order valence-electron chi connectivity index (χ0n) is 10.3. The average Bonchev–Trinajstić information content (AvgIpc) is 2.85. The molecule has 0 spiro atoms. The number of nitrogens with zero attached hydrogens (tertiary/aromatic N) is 3. The van der Waals surface area contributed by atoms with Crippen molar-refractivity contribution >= 4 is 5.82 Å². The molecule has 92 valence electrons. The largest absolute Gasteiger partial charge is 0.378 e. The van der Waals surface area contributed by atoms with Gasteiger partial charge in [-0.05, 0) is 6.92 Å². The maximum atomic E-state index is 9.12. The number of aryl methyl sites for hydroxylation is 2. The fourth-order valence-electron chi connectivity index (χ4n) is 2.18. The Balaban J connectivity index is 2.21. The highest BCUT2D eigenvalue weighted by molar-refractivity contribution is 5.55. The van der Waals surface area contributed by atoms with Crippen molar-refractivity contribution in [2.45, 2.75) is 19.1 Å². The number of aromatic nitrogens is 2. The molecule has 1 aliphatic heterocycles. The molecule has 1 aromatic rings. The first-order valence-corrected chi connectivity index (χ1v) is 5.61. The Kier molecular flexibility index (Phi) is 3.31. The van der Waals surface area contributed by atoms with Crippen LogP contribution in [0.3, 0.4) is 0 Å². The lowest BCUT2D eigenvalue weighted by atomic mass is 10.2. The summed E-state index contributed by atoms with van der Waals surface area (Å²) in [6, 6.07) is 2.35. The number of nitrogens with one attached hydrogen (secondary N) is 2. The lowest BCUT2D eigenvalue weighted by molar-refractivity contribution is 0.111. The van der Waals surface area contributed by atoms with Gasteiger partial charge in [0, 0.05) is 27.2 Å². The summed E-state index contributed by atoms with van der Waals surface area (Å²) in [5, 5.41) is 20.0. The highest BCUT2D eigenvalue weighted by Gasteiger charge is 2.28. The highest BCUT2D eigenvalue weighted by Crippen LogP contribution is 2.20. The van der Waals surface area contributed by atoms with Crippen LogP contribution in [0.25, 0.3) is 0 Å². The van der Waals surface area contributed by atoms with Crippen molar-refractivity contribution in [3.8, 4) is 6.07 Å². The van der Waals surface area contributed by atoms with Gasteiger partial charge in [-0.3, -0.25) is 4.68 Å². The van der Waals surface area contributed by atoms with E-state index in [1.807, 2.05) is 14.0 Å². The predicted octanol–water partition coefficient (Wildman–Crippen LogP) is -0.00110. The molecular weight excluding hydrogens is 218 g/mol. The van der Waals surface area contributed by atoms with Crippen molar-refractivity contribution in [1.82, 2.24) is 15.1 Å².